The topological polar surface area (TPSA) is 38.3 Å². The summed E-state index contributed by atoms with van der Waals surface area (Å²) < 4.78 is 5.40. The number of nitrogens with one attached hydrogen (secondary N) is 1. The molecule has 4 nitrogen and oxygen atoms in total. The number of carbonyl (C=O) groups excluding carboxylic acids is 1. The van der Waals surface area contributed by atoms with Crippen LogP contribution in [0.3, 0.4) is 0 Å². The molecule has 78 valence electrons. The summed E-state index contributed by atoms with van der Waals surface area (Å²) in [5.41, 5.74) is 3.13. The SMILES string of the molecule is C=CC(=O)OCCN[N+](C)(C)C.Cl. The summed E-state index contributed by atoms with van der Waals surface area (Å²) in [5.74, 6) is -0.377. The van der Waals surface area contributed by atoms with Gasteiger partial charge in [0.05, 0.1) is 27.7 Å². The second kappa shape index (κ2) is 6.88. The van der Waals surface area contributed by atoms with E-state index in [1.54, 1.807) is 0 Å². The molecule has 0 saturated carbocycles. The van der Waals surface area contributed by atoms with Gasteiger partial charge in [0.1, 0.15) is 6.61 Å². The Labute approximate surface area is 85.5 Å². The quantitative estimate of drug-likeness (QED) is 0.234. The van der Waals surface area contributed by atoms with Gasteiger partial charge in [0.25, 0.3) is 0 Å². The fraction of sp³-hybridized carbons (Fsp3) is 0.625. The van der Waals surface area contributed by atoms with Crippen molar-refractivity contribution in [1.29, 1.82) is 0 Å². The zero-order valence-corrected chi connectivity index (χ0v) is 9.19. The highest BCUT2D eigenvalue weighted by Crippen LogP contribution is 1.82. The standard InChI is InChI=1S/C8H17N2O2.ClH/c1-5-8(11)12-7-6-9-10(2,3)4;/h5,9H,1,6-7H2,2-4H3;1H/q+1;. The Hall–Kier alpha value is -0.580. The van der Waals surface area contributed by atoms with E-state index < -0.39 is 0 Å². The van der Waals surface area contributed by atoms with Gasteiger partial charge in [0.2, 0.25) is 0 Å². The van der Waals surface area contributed by atoms with E-state index in [2.05, 4.69) is 12.0 Å². The fourth-order valence-corrected chi connectivity index (χ4v) is 0.592. The first-order chi connectivity index (χ1) is 5.45. The minimum atomic E-state index is -0.377. The van der Waals surface area contributed by atoms with Crippen molar-refractivity contribution >= 4 is 18.4 Å². The van der Waals surface area contributed by atoms with Crippen LogP contribution in [-0.2, 0) is 9.53 Å². The summed E-state index contributed by atoms with van der Waals surface area (Å²) in [7, 11) is 5.99. The zero-order valence-electron chi connectivity index (χ0n) is 8.37. The van der Waals surface area contributed by atoms with Crippen molar-refractivity contribution in [3.05, 3.63) is 12.7 Å². The monoisotopic (exact) mass is 209 g/mol. The van der Waals surface area contributed by atoms with Crippen LogP contribution in [0.15, 0.2) is 12.7 Å². The van der Waals surface area contributed by atoms with Crippen LogP contribution >= 0.6 is 12.4 Å². The minimum absolute atomic E-state index is 0. The minimum Gasteiger partial charge on any atom is -0.461 e. The first kappa shape index (κ1) is 14.9. The van der Waals surface area contributed by atoms with Crippen molar-refractivity contribution in [2.45, 2.75) is 0 Å². The van der Waals surface area contributed by atoms with Gasteiger partial charge in [-0.25, -0.2) is 4.79 Å². The number of halogens is 1. The number of esters is 1. The largest absolute Gasteiger partial charge is 0.461 e. The van der Waals surface area contributed by atoms with Gasteiger partial charge in [-0.15, -0.1) is 12.4 Å². The van der Waals surface area contributed by atoms with E-state index in [9.17, 15) is 4.79 Å². The molecule has 5 heteroatoms. The second-order valence-electron chi connectivity index (χ2n) is 3.29. The highest BCUT2D eigenvalue weighted by atomic mass is 35.5. The third-order valence-corrected chi connectivity index (χ3v) is 1.10. The van der Waals surface area contributed by atoms with E-state index in [1.165, 1.54) is 0 Å². The maximum atomic E-state index is 10.6. The molecule has 0 atom stereocenters. The number of rotatable bonds is 5. The zero-order chi connectivity index (χ0) is 9.61. The number of nitrogens with zero attached hydrogens (tertiary/aromatic N) is 1. The van der Waals surface area contributed by atoms with Crippen molar-refractivity contribution in [1.82, 2.24) is 5.43 Å². The first-order valence-electron chi connectivity index (χ1n) is 3.81. The average molecular weight is 210 g/mol. The molecule has 0 aliphatic rings. The highest BCUT2D eigenvalue weighted by Gasteiger charge is 2.04. The van der Waals surface area contributed by atoms with Gasteiger partial charge in [-0.2, -0.15) is 5.43 Å². The third kappa shape index (κ3) is 11.4. The van der Waals surface area contributed by atoms with Crippen molar-refractivity contribution in [2.75, 3.05) is 34.3 Å². The number of ether oxygens (including phenoxy) is 1. The van der Waals surface area contributed by atoms with Crippen LogP contribution in [0.5, 0.6) is 0 Å². The molecule has 0 saturated heterocycles. The van der Waals surface area contributed by atoms with E-state index >= 15 is 0 Å². The Bertz CT molecular complexity index is 166. The van der Waals surface area contributed by atoms with E-state index in [1.807, 2.05) is 21.1 Å². The molecule has 1 N–H and O–H groups in total. The van der Waals surface area contributed by atoms with E-state index in [0.717, 1.165) is 6.08 Å². The van der Waals surface area contributed by atoms with Crippen LogP contribution in [0.2, 0.25) is 0 Å². The number of hydrogen-bond acceptors (Lipinski definition) is 3. The molecule has 0 bridgehead atoms. The van der Waals surface area contributed by atoms with Crippen LogP contribution in [0.4, 0.5) is 0 Å². The van der Waals surface area contributed by atoms with Gasteiger partial charge in [0, 0.05) is 6.08 Å². The number of hydrogen-bond donors (Lipinski definition) is 1. The molecule has 0 radical (unpaired) electrons. The lowest BCUT2D eigenvalue weighted by atomic mass is 10.6. The smallest absolute Gasteiger partial charge is 0.330 e. The van der Waals surface area contributed by atoms with Crippen molar-refractivity contribution in [2.24, 2.45) is 0 Å². The summed E-state index contributed by atoms with van der Waals surface area (Å²) in [6.45, 7) is 4.31. The van der Waals surface area contributed by atoms with E-state index in [0.29, 0.717) is 17.7 Å². The molecule has 0 aromatic heterocycles. The first-order valence-corrected chi connectivity index (χ1v) is 3.81. The van der Waals surface area contributed by atoms with Crippen molar-refractivity contribution in [3.63, 3.8) is 0 Å². The Morgan fingerprint density at radius 3 is 2.46 bits per heavy atom. The van der Waals surface area contributed by atoms with Gasteiger partial charge in [-0.1, -0.05) is 6.58 Å². The second-order valence-corrected chi connectivity index (χ2v) is 3.29. The van der Waals surface area contributed by atoms with E-state index in [4.69, 9.17) is 4.74 Å². The molecule has 0 aromatic rings. The molecular formula is C8H18ClN2O2+. The molecule has 0 fully saturated rings. The predicted molar refractivity (Wildman–Crippen MR) is 54.4 cm³/mol. The lowest BCUT2D eigenvalue weighted by Crippen LogP contribution is -2.49. The molecule has 0 unspecified atom stereocenters. The molecule has 0 aliphatic heterocycles. The van der Waals surface area contributed by atoms with Crippen molar-refractivity contribution in [3.8, 4) is 0 Å². The van der Waals surface area contributed by atoms with E-state index in [-0.39, 0.29) is 18.4 Å². The molecule has 0 spiro atoms. The van der Waals surface area contributed by atoms with Crippen LogP contribution in [0, 0.1) is 0 Å². The molecule has 0 amide bonds. The number of carbonyl (C=O) groups is 1. The fourth-order valence-electron chi connectivity index (χ4n) is 0.592. The van der Waals surface area contributed by atoms with Crippen LogP contribution in [0.25, 0.3) is 0 Å². The summed E-state index contributed by atoms with van der Waals surface area (Å²) in [4.78, 5) is 10.6. The predicted octanol–water partition coefficient (Wildman–Crippen LogP) is 0.348. The van der Waals surface area contributed by atoms with Crippen LogP contribution < -0.4 is 5.43 Å². The molecule has 0 aromatic carbocycles. The van der Waals surface area contributed by atoms with Gasteiger partial charge in [-0.05, 0) is 0 Å². The maximum Gasteiger partial charge on any atom is 0.330 e. The Kier molecular flexibility index (Phi) is 7.90. The van der Waals surface area contributed by atoms with Gasteiger partial charge in [0.15, 0.2) is 0 Å². The number of quaternary nitrogens is 1. The Morgan fingerprint density at radius 1 is 1.54 bits per heavy atom. The lowest BCUT2D eigenvalue weighted by molar-refractivity contribution is -0.915. The molecular weight excluding hydrogens is 192 g/mol. The van der Waals surface area contributed by atoms with Crippen molar-refractivity contribution < 1.29 is 14.1 Å². The van der Waals surface area contributed by atoms with Gasteiger partial charge < -0.3 is 4.74 Å². The normalized spacial score (nSPS) is 10.1. The highest BCUT2D eigenvalue weighted by molar-refractivity contribution is 5.85. The molecule has 0 aliphatic carbocycles. The summed E-state index contributed by atoms with van der Waals surface area (Å²) in [6, 6.07) is 0. The Balaban J connectivity index is 0. The maximum absolute atomic E-state index is 10.6. The van der Waals surface area contributed by atoms with Crippen LogP contribution in [-0.4, -0.2) is 44.9 Å². The summed E-state index contributed by atoms with van der Waals surface area (Å²) in [5, 5.41) is 0. The van der Waals surface area contributed by atoms with Crippen LogP contribution in [0.1, 0.15) is 0 Å². The summed E-state index contributed by atoms with van der Waals surface area (Å²) in [6.07, 6.45) is 1.16. The average Bonchev–Trinajstić information content (AvgIpc) is 1.96. The third-order valence-electron chi connectivity index (χ3n) is 1.10. The molecule has 13 heavy (non-hydrogen) atoms. The molecule has 0 heterocycles. The van der Waals surface area contributed by atoms with Gasteiger partial charge in [-0.3, -0.25) is 4.59 Å². The lowest BCUT2D eigenvalue weighted by Gasteiger charge is -2.23. The molecule has 0 rings (SSSR count). The Morgan fingerprint density at radius 2 is 2.08 bits per heavy atom. The van der Waals surface area contributed by atoms with Gasteiger partial charge >= 0.3 is 5.97 Å². The summed E-state index contributed by atoms with van der Waals surface area (Å²) >= 11 is 0.